The Bertz CT molecular complexity index is 117. The molecule has 0 amide bonds. The maximum absolute atomic E-state index is 3.41. The van der Waals surface area contributed by atoms with Gasteiger partial charge in [-0.25, -0.2) is 0 Å². The van der Waals surface area contributed by atoms with Crippen LogP contribution in [-0.2, 0) is 0 Å². The van der Waals surface area contributed by atoms with E-state index in [1.165, 1.54) is 44.5 Å². The summed E-state index contributed by atoms with van der Waals surface area (Å²) >= 11 is 2.22. The fraction of sp³-hybridized carbons (Fsp3) is 1.00. The van der Waals surface area contributed by atoms with E-state index in [0.717, 1.165) is 11.2 Å². The van der Waals surface area contributed by atoms with Crippen molar-refractivity contribution in [3.8, 4) is 0 Å². The van der Waals surface area contributed by atoms with Crippen LogP contribution < -0.4 is 5.32 Å². The van der Waals surface area contributed by atoms with Gasteiger partial charge in [0.25, 0.3) is 0 Å². The van der Waals surface area contributed by atoms with Gasteiger partial charge in [-0.1, -0.05) is 0 Å². The Kier molecular flexibility index (Phi) is 2.75. The maximum atomic E-state index is 3.41. The van der Waals surface area contributed by atoms with E-state index in [2.05, 4.69) is 17.1 Å². The van der Waals surface area contributed by atoms with Crippen molar-refractivity contribution in [3.05, 3.63) is 0 Å². The van der Waals surface area contributed by atoms with Crippen molar-refractivity contribution in [1.29, 1.82) is 0 Å². The highest BCUT2D eigenvalue weighted by molar-refractivity contribution is 8.00. The number of hydrogen-bond donors (Lipinski definition) is 1. The number of nitrogens with one attached hydrogen (secondary N) is 1. The van der Waals surface area contributed by atoms with E-state index in [9.17, 15) is 0 Å². The lowest BCUT2D eigenvalue weighted by atomic mass is 10.0. The molecule has 0 aromatic carbocycles. The summed E-state index contributed by atoms with van der Waals surface area (Å²) in [7, 11) is 0. The molecule has 0 unspecified atom stereocenters. The molecule has 1 saturated heterocycles. The molecule has 1 saturated carbocycles. The summed E-state index contributed by atoms with van der Waals surface area (Å²) in [5.74, 6) is 2.47. The standard InChI is InChI=1S/C9H17NS/c1-2-9(1)11-7-8-3-5-10-6-4-8/h8-10H,1-7H2. The predicted molar refractivity (Wildman–Crippen MR) is 51.1 cm³/mol. The van der Waals surface area contributed by atoms with Gasteiger partial charge in [0.1, 0.15) is 0 Å². The molecule has 2 rings (SSSR count). The average molecular weight is 171 g/mol. The molecule has 2 heteroatoms. The minimum Gasteiger partial charge on any atom is -0.317 e. The second-order valence-electron chi connectivity index (χ2n) is 3.73. The van der Waals surface area contributed by atoms with Gasteiger partial charge in [-0.05, 0) is 50.4 Å². The molecule has 0 spiro atoms. The van der Waals surface area contributed by atoms with E-state index in [4.69, 9.17) is 0 Å². The molecule has 0 atom stereocenters. The van der Waals surface area contributed by atoms with Crippen LogP contribution in [0.4, 0.5) is 0 Å². The lowest BCUT2D eigenvalue weighted by molar-refractivity contribution is 0.408. The van der Waals surface area contributed by atoms with Crippen molar-refractivity contribution in [2.75, 3.05) is 18.8 Å². The van der Waals surface area contributed by atoms with Crippen LogP contribution in [0.15, 0.2) is 0 Å². The van der Waals surface area contributed by atoms with Gasteiger partial charge in [0.05, 0.1) is 0 Å². The van der Waals surface area contributed by atoms with E-state index < -0.39 is 0 Å². The molecule has 2 aliphatic rings. The number of thioether (sulfide) groups is 1. The lowest BCUT2D eigenvalue weighted by Crippen LogP contribution is -2.28. The van der Waals surface area contributed by atoms with Crippen LogP contribution in [0.5, 0.6) is 0 Å². The quantitative estimate of drug-likeness (QED) is 0.696. The first-order valence-electron chi connectivity index (χ1n) is 4.77. The van der Waals surface area contributed by atoms with Crippen LogP contribution in [0.1, 0.15) is 25.7 Å². The fourth-order valence-electron chi connectivity index (χ4n) is 1.56. The van der Waals surface area contributed by atoms with Crippen LogP contribution in [0, 0.1) is 5.92 Å². The maximum Gasteiger partial charge on any atom is 0.00479 e. The Morgan fingerprint density at radius 2 is 1.82 bits per heavy atom. The van der Waals surface area contributed by atoms with Crippen LogP contribution in [0.3, 0.4) is 0 Å². The summed E-state index contributed by atoms with van der Waals surface area (Å²) in [6.07, 6.45) is 5.82. The minimum atomic E-state index is 1.03. The van der Waals surface area contributed by atoms with Crippen LogP contribution >= 0.6 is 11.8 Å². The molecule has 1 N–H and O–H groups in total. The first kappa shape index (κ1) is 7.93. The highest BCUT2D eigenvalue weighted by atomic mass is 32.2. The molecule has 1 nitrogen and oxygen atoms in total. The lowest BCUT2D eigenvalue weighted by Gasteiger charge is -2.21. The summed E-state index contributed by atoms with van der Waals surface area (Å²) in [4.78, 5) is 0. The normalized spacial score (nSPS) is 27.3. The molecule has 2 fully saturated rings. The summed E-state index contributed by atoms with van der Waals surface area (Å²) < 4.78 is 0. The van der Waals surface area contributed by atoms with Crippen molar-refractivity contribution in [1.82, 2.24) is 5.32 Å². The van der Waals surface area contributed by atoms with Crippen molar-refractivity contribution in [2.45, 2.75) is 30.9 Å². The van der Waals surface area contributed by atoms with Gasteiger partial charge in [-0.3, -0.25) is 0 Å². The second kappa shape index (κ2) is 3.81. The third-order valence-corrected chi connectivity index (χ3v) is 4.16. The van der Waals surface area contributed by atoms with Gasteiger partial charge in [0, 0.05) is 5.25 Å². The van der Waals surface area contributed by atoms with E-state index >= 15 is 0 Å². The fourth-order valence-corrected chi connectivity index (χ4v) is 2.90. The molecule has 11 heavy (non-hydrogen) atoms. The van der Waals surface area contributed by atoms with E-state index in [1.807, 2.05) is 0 Å². The minimum absolute atomic E-state index is 1.03. The molecular weight excluding hydrogens is 154 g/mol. The smallest absolute Gasteiger partial charge is 0.00479 e. The zero-order valence-electron chi connectivity index (χ0n) is 7.01. The Morgan fingerprint density at radius 1 is 1.09 bits per heavy atom. The summed E-state index contributed by atoms with van der Waals surface area (Å²) in [6.45, 7) is 2.52. The van der Waals surface area contributed by atoms with Gasteiger partial charge >= 0.3 is 0 Å². The van der Waals surface area contributed by atoms with Crippen LogP contribution in [0.25, 0.3) is 0 Å². The zero-order chi connectivity index (χ0) is 7.52. The van der Waals surface area contributed by atoms with Crippen molar-refractivity contribution < 1.29 is 0 Å². The molecule has 0 bridgehead atoms. The van der Waals surface area contributed by atoms with Gasteiger partial charge in [0.15, 0.2) is 0 Å². The Labute approximate surface area is 73.3 Å². The van der Waals surface area contributed by atoms with Gasteiger partial charge in [-0.2, -0.15) is 11.8 Å². The van der Waals surface area contributed by atoms with E-state index in [1.54, 1.807) is 0 Å². The summed E-state index contributed by atoms with van der Waals surface area (Å²) in [5, 5.41) is 4.47. The monoisotopic (exact) mass is 171 g/mol. The van der Waals surface area contributed by atoms with E-state index in [-0.39, 0.29) is 0 Å². The third-order valence-electron chi connectivity index (χ3n) is 2.55. The van der Waals surface area contributed by atoms with Gasteiger partial charge < -0.3 is 5.32 Å². The molecule has 0 aromatic rings. The summed E-state index contributed by atoms with van der Waals surface area (Å²) in [5.41, 5.74) is 0. The SMILES string of the molecule is C1CC(CSC2CC2)CCN1. The molecule has 0 aromatic heterocycles. The third kappa shape index (κ3) is 2.68. The average Bonchev–Trinajstić information content (AvgIpc) is 2.86. The van der Waals surface area contributed by atoms with Crippen LogP contribution in [0.2, 0.25) is 0 Å². The zero-order valence-corrected chi connectivity index (χ0v) is 7.83. The van der Waals surface area contributed by atoms with Crippen molar-refractivity contribution in [3.63, 3.8) is 0 Å². The van der Waals surface area contributed by atoms with Crippen molar-refractivity contribution in [2.24, 2.45) is 5.92 Å². The van der Waals surface area contributed by atoms with Gasteiger partial charge in [0.2, 0.25) is 0 Å². The molecule has 0 radical (unpaired) electrons. The largest absolute Gasteiger partial charge is 0.317 e. The predicted octanol–water partition coefficient (Wildman–Crippen LogP) is 1.88. The van der Waals surface area contributed by atoms with E-state index in [0.29, 0.717) is 0 Å². The summed E-state index contributed by atoms with van der Waals surface area (Å²) in [6, 6.07) is 0. The first-order valence-corrected chi connectivity index (χ1v) is 5.82. The molecular formula is C9H17NS. The highest BCUT2D eigenvalue weighted by Crippen LogP contribution is 2.36. The Balaban J connectivity index is 1.59. The highest BCUT2D eigenvalue weighted by Gasteiger charge is 2.23. The number of piperidine rings is 1. The topological polar surface area (TPSA) is 12.0 Å². The molecule has 64 valence electrons. The first-order chi connectivity index (χ1) is 5.45. The Morgan fingerprint density at radius 3 is 2.45 bits per heavy atom. The number of hydrogen-bond acceptors (Lipinski definition) is 2. The molecule has 1 heterocycles. The molecule has 1 aliphatic heterocycles. The molecule has 1 aliphatic carbocycles. The van der Waals surface area contributed by atoms with Crippen LogP contribution in [-0.4, -0.2) is 24.1 Å². The second-order valence-corrected chi connectivity index (χ2v) is 5.06. The Hall–Kier alpha value is 0.310. The van der Waals surface area contributed by atoms with Gasteiger partial charge in [-0.15, -0.1) is 0 Å². The van der Waals surface area contributed by atoms with Crippen molar-refractivity contribution >= 4 is 11.8 Å². The number of rotatable bonds is 3.